The molecule has 0 spiro atoms. The van der Waals surface area contributed by atoms with Gasteiger partial charge in [0.2, 0.25) is 0 Å². The van der Waals surface area contributed by atoms with Gasteiger partial charge in [0.15, 0.2) is 0 Å². The number of hydrogen-bond acceptors (Lipinski definition) is 4. The number of rotatable bonds is 14. The molecule has 0 rings (SSSR count). The number of halogens is 1. The summed E-state index contributed by atoms with van der Waals surface area (Å²) in [6, 6.07) is 0.607. The quantitative estimate of drug-likeness (QED) is 0.427. The Kier molecular flexibility index (Phi) is 16.7. The van der Waals surface area contributed by atoms with Crippen LogP contribution in [0.2, 0.25) is 0 Å². The Balaban J connectivity index is 0. The number of nitrogens with one attached hydrogen (secondary N) is 1. The molecule has 0 amide bonds. The van der Waals surface area contributed by atoms with E-state index >= 15 is 0 Å². The first-order valence-electron chi connectivity index (χ1n) is 9.98. The van der Waals surface area contributed by atoms with E-state index in [2.05, 4.69) is 74.5 Å². The predicted octanol–water partition coefficient (Wildman–Crippen LogP) is 1.86. The second-order valence-corrected chi connectivity index (χ2v) is 9.10. The van der Waals surface area contributed by atoms with Crippen LogP contribution in [-0.2, 0) is 0 Å². The van der Waals surface area contributed by atoms with Crippen LogP contribution in [0.1, 0.15) is 74.7 Å². The third-order valence-corrected chi connectivity index (χ3v) is 9.63. The zero-order valence-electron chi connectivity index (χ0n) is 17.6. The van der Waals surface area contributed by atoms with Gasteiger partial charge in [0.05, 0.1) is 0 Å². The Morgan fingerprint density at radius 2 is 1.00 bits per heavy atom. The lowest BCUT2D eigenvalue weighted by Crippen LogP contribution is -3.00. The Bertz CT molecular complexity index is 251. The van der Waals surface area contributed by atoms with Gasteiger partial charge in [0.25, 0.3) is 0 Å². The minimum atomic E-state index is -1.68. The van der Waals surface area contributed by atoms with E-state index in [0.29, 0.717) is 6.04 Å². The summed E-state index contributed by atoms with van der Waals surface area (Å²) >= 11 is 0. The molecule has 0 aliphatic heterocycles. The lowest BCUT2D eigenvalue weighted by atomic mass is 10.1. The minimum absolute atomic E-state index is 0. The van der Waals surface area contributed by atoms with Gasteiger partial charge in [-0.15, -0.1) is 19.1 Å². The van der Waals surface area contributed by atoms with Crippen LogP contribution in [0.4, 0.5) is 0 Å². The maximum atomic E-state index is 4.21. The van der Waals surface area contributed by atoms with Gasteiger partial charge in [-0.05, 0) is 54.4 Å². The number of hydrogen-bond donors (Lipinski definition) is 1. The molecule has 1 N–H and O–H groups in total. The first kappa shape index (κ1) is 27.0. The summed E-state index contributed by atoms with van der Waals surface area (Å²) in [5, 5.41) is 4.21. The van der Waals surface area contributed by atoms with Crippen LogP contribution in [0, 0.1) is 0 Å². The van der Waals surface area contributed by atoms with Gasteiger partial charge in [-0.1, -0.05) is 20.3 Å². The second kappa shape index (κ2) is 14.9. The third kappa shape index (κ3) is 6.48. The molecular weight excluding hydrogens is 383 g/mol. The predicted molar refractivity (Wildman–Crippen MR) is 108 cm³/mol. The molecule has 1 unspecified atom stereocenters. The molecule has 0 aromatic rings. The van der Waals surface area contributed by atoms with Crippen LogP contribution in [0.15, 0.2) is 0 Å². The molecule has 0 saturated carbocycles. The first-order chi connectivity index (χ1) is 11.1. The van der Waals surface area contributed by atoms with Gasteiger partial charge in [-0.3, -0.25) is 0 Å². The van der Waals surface area contributed by atoms with Gasteiger partial charge in [-0.2, -0.15) is 0 Å². The molecular formula is C18H44BrN4P. The Hall–Kier alpha value is 0.750. The van der Waals surface area contributed by atoms with Crippen LogP contribution < -0.4 is 22.1 Å². The Morgan fingerprint density at radius 1 is 0.667 bits per heavy atom. The van der Waals surface area contributed by atoms with E-state index in [0.717, 1.165) is 39.3 Å². The van der Waals surface area contributed by atoms with Crippen molar-refractivity contribution in [2.24, 2.45) is 0 Å². The van der Waals surface area contributed by atoms with Crippen LogP contribution in [0.5, 0.6) is 0 Å². The zero-order chi connectivity index (χ0) is 17.9. The van der Waals surface area contributed by atoms with Crippen molar-refractivity contribution in [2.75, 3.05) is 39.3 Å². The normalized spacial score (nSPS) is 13.6. The molecule has 148 valence electrons. The Labute approximate surface area is 164 Å². The molecule has 0 aromatic heterocycles. The van der Waals surface area contributed by atoms with E-state index in [1.54, 1.807) is 0 Å². The fraction of sp³-hybridized carbons (Fsp3) is 1.00. The van der Waals surface area contributed by atoms with Gasteiger partial charge in [-0.25, -0.2) is 0 Å². The maximum absolute atomic E-state index is 4.21. The molecule has 0 aliphatic carbocycles. The van der Waals surface area contributed by atoms with E-state index in [1.165, 1.54) is 19.3 Å². The van der Waals surface area contributed by atoms with E-state index in [1.807, 2.05) is 0 Å². The van der Waals surface area contributed by atoms with Crippen LogP contribution in [0.3, 0.4) is 0 Å². The topological polar surface area (TPSA) is 21.8 Å². The third-order valence-electron chi connectivity index (χ3n) is 4.86. The highest BCUT2D eigenvalue weighted by atomic mass is 79.9. The summed E-state index contributed by atoms with van der Waals surface area (Å²) in [5.74, 6) is 0. The van der Waals surface area contributed by atoms with Gasteiger partial charge in [0, 0.05) is 45.3 Å². The average Bonchev–Trinajstić information content (AvgIpc) is 2.57. The van der Waals surface area contributed by atoms with Crippen LogP contribution in [-0.4, -0.2) is 59.3 Å². The van der Waals surface area contributed by atoms with Crippen molar-refractivity contribution in [1.29, 1.82) is 0 Å². The van der Waals surface area contributed by atoms with Crippen molar-refractivity contribution in [2.45, 2.75) is 80.7 Å². The molecule has 0 heterocycles. The van der Waals surface area contributed by atoms with E-state index in [-0.39, 0.29) is 17.0 Å². The van der Waals surface area contributed by atoms with Crippen molar-refractivity contribution >= 4 is 7.87 Å². The van der Waals surface area contributed by atoms with Gasteiger partial charge in [0.1, 0.15) is 0 Å². The van der Waals surface area contributed by atoms with Crippen molar-refractivity contribution in [3.8, 4) is 0 Å². The summed E-state index contributed by atoms with van der Waals surface area (Å²) in [4.78, 5) is 0. The molecule has 0 saturated heterocycles. The van der Waals surface area contributed by atoms with Gasteiger partial charge < -0.3 is 17.0 Å². The Morgan fingerprint density at radius 3 is 1.21 bits per heavy atom. The van der Waals surface area contributed by atoms with E-state index in [9.17, 15) is 0 Å². The number of nitrogens with zero attached hydrogens (tertiary/aromatic N) is 3. The molecule has 1 atom stereocenters. The fourth-order valence-electron chi connectivity index (χ4n) is 3.59. The van der Waals surface area contributed by atoms with Crippen molar-refractivity contribution in [1.82, 2.24) is 19.1 Å². The SMILES string of the molecule is CCCC(CC)N[P+](N(CC)CC)(N(CC)CC)N(CC)CC.[Br-]. The molecule has 0 aromatic carbocycles. The average molecular weight is 427 g/mol. The lowest BCUT2D eigenvalue weighted by Gasteiger charge is -2.47. The molecule has 24 heavy (non-hydrogen) atoms. The molecule has 4 nitrogen and oxygen atoms in total. The fourth-order valence-corrected chi connectivity index (χ4v) is 8.32. The minimum Gasteiger partial charge on any atom is -1.00 e. The van der Waals surface area contributed by atoms with E-state index in [4.69, 9.17) is 0 Å². The summed E-state index contributed by atoms with van der Waals surface area (Å²) in [5.41, 5.74) is 0. The summed E-state index contributed by atoms with van der Waals surface area (Å²) in [6.45, 7) is 25.1. The highest BCUT2D eigenvalue weighted by Gasteiger charge is 2.55. The highest BCUT2D eigenvalue weighted by molar-refractivity contribution is 7.67. The molecule has 0 radical (unpaired) electrons. The summed E-state index contributed by atoms with van der Waals surface area (Å²) in [7, 11) is -1.68. The second-order valence-electron chi connectivity index (χ2n) is 6.01. The standard InChI is InChI=1S/C18H44N4P.BrH/c1-9-17-18(10-2)19-23(20(11-3)12-4,21(13-5)14-6)22(15-7)16-8;/h18-19H,9-17H2,1-8H3;1H/q+1;/p-1. The summed E-state index contributed by atoms with van der Waals surface area (Å²) in [6.07, 6.45) is 3.72. The maximum Gasteiger partial charge on any atom is 0.306 e. The van der Waals surface area contributed by atoms with Crippen molar-refractivity contribution in [3.05, 3.63) is 0 Å². The van der Waals surface area contributed by atoms with Crippen LogP contribution >= 0.6 is 7.87 Å². The first-order valence-corrected chi connectivity index (χ1v) is 11.6. The highest BCUT2D eigenvalue weighted by Crippen LogP contribution is 2.64. The van der Waals surface area contributed by atoms with Crippen LogP contribution in [0.25, 0.3) is 0 Å². The smallest absolute Gasteiger partial charge is 0.306 e. The van der Waals surface area contributed by atoms with Gasteiger partial charge >= 0.3 is 7.87 Å². The van der Waals surface area contributed by atoms with Crippen molar-refractivity contribution in [3.63, 3.8) is 0 Å². The molecule has 0 aliphatic rings. The zero-order valence-corrected chi connectivity index (χ0v) is 20.1. The van der Waals surface area contributed by atoms with Crippen molar-refractivity contribution < 1.29 is 17.0 Å². The molecule has 0 bridgehead atoms. The molecule has 6 heteroatoms. The monoisotopic (exact) mass is 426 g/mol. The van der Waals surface area contributed by atoms with E-state index < -0.39 is 7.87 Å². The summed E-state index contributed by atoms with van der Waals surface area (Å²) < 4.78 is 8.14. The largest absolute Gasteiger partial charge is 1.00 e. The molecule has 0 fully saturated rings. The lowest BCUT2D eigenvalue weighted by molar-refractivity contribution is -0.00000616.